The lowest BCUT2D eigenvalue weighted by Gasteiger charge is -2.43. The first-order valence-corrected chi connectivity index (χ1v) is 8.23. The highest BCUT2D eigenvalue weighted by Crippen LogP contribution is 2.31. The molecule has 0 spiro atoms. The number of rotatable bonds is 4. The van der Waals surface area contributed by atoms with Crippen molar-refractivity contribution < 1.29 is 9.59 Å². The van der Waals surface area contributed by atoms with Gasteiger partial charge in [0.15, 0.2) is 0 Å². The first kappa shape index (κ1) is 15.9. The molecular weight excluding hydrogens is 286 g/mol. The molecule has 2 amide bonds. The summed E-state index contributed by atoms with van der Waals surface area (Å²) < 4.78 is 0. The molecule has 0 radical (unpaired) electrons. The van der Waals surface area contributed by atoms with Gasteiger partial charge in [-0.05, 0) is 26.2 Å². The first-order chi connectivity index (χ1) is 9.86. The van der Waals surface area contributed by atoms with E-state index in [1.807, 2.05) is 40.8 Å². The SMILES string of the molecule is CCC1NC(=O)C(C(C)C)N(C(C)c2ncc(C)s2)C1=O. The Morgan fingerprint density at radius 1 is 1.38 bits per heavy atom. The van der Waals surface area contributed by atoms with Crippen molar-refractivity contribution in [3.8, 4) is 0 Å². The van der Waals surface area contributed by atoms with Gasteiger partial charge < -0.3 is 10.2 Å². The van der Waals surface area contributed by atoms with E-state index in [1.165, 1.54) is 0 Å². The minimum atomic E-state index is -0.431. The molecule has 5 nitrogen and oxygen atoms in total. The lowest BCUT2D eigenvalue weighted by molar-refractivity contribution is -0.154. The summed E-state index contributed by atoms with van der Waals surface area (Å²) in [5, 5.41) is 3.73. The van der Waals surface area contributed by atoms with Gasteiger partial charge in [0, 0.05) is 11.1 Å². The normalized spacial score (nSPS) is 24.4. The van der Waals surface area contributed by atoms with E-state index >= 15 is 0 Å². The number of amides is 2. The lowest BCUT2D eigenvalue weighted by Crippen LogP contribution is -2.64. The quantitative estimate of drug-likeness (QED) is 0.928. The lowest BCUT2D eigenvalue weighted by atomic mass is 9.94. The number of carbonyl (C=O) groups excluding carboxylic acids is 2. The zero-order valence-corrected chi connectivity index (χ0v) is 14.0. The Bertz CT molecular complexity index is 541. The molecule has 0 bridgehead atoms. The van der Waals surface area contributed by atoms with E-state index in [-0.39, 0.29) is 23.8 Å². The van der Waals surface area contributed by atoms with Crippen LogP contribution in [0.25, 0.3) is 0 Å². The van der Waals surface area contributed by atoms with Crippen LogP contribution >= 0.6 is 11.3 Å². The number of aryl methyl sites for hydroxylation is 1. The number of aromatic nitrogens is 1. The smallest absolute Gasteiger partial charge is 0.246 e. The van der Waals surface area contributed by atoms with E-state index in [0.29, 0.717) is 6.42 Å². The molecule has 116 valence electrons. The minimum absolute atomic E-state index is 0.00356. The van der Waals surface area contributed by atoms with Crippen molar-refractivity contribution in [2.75, 3.05) is 0 Å². The van der Waals surface area contributed by atoms with Crippen LogP contribution in [0, 0.1) is 12.8 Å². The average Bonchev–Trinajstić information content (AvgIpc) is 2.85. The Hall–Kier alpha value is -1.43. The van der Waals surface area contributed by atoms with Crippen LogP contribution in [0.2, 0.25) is 0 Å². The number of piperazine rings is 1. The van der Waals surface area contributed by atoms with E-state index in [9.17, 15) is 9.59 Å². The summed E-state index contributed by atoms with van der Waals surface area (Å²) in [6.45, 7) is 9.80. The number of carbonyl (C=O) groups is 2. The van der Waals surface area contributed by atoms with Crippen molar-refractivity contribution >= 4 is 23.2 Å². The van der Waals surface area contributed by atoms with Gasteiger partial charge in [-0.2, -0.15) is 0 Å². The summed E-state index contributed by atoms with van der Waals surface area (Å²) in [6.07, 6.45) is 2.42. The second kappa shape index (κ2) is 6.13. The summed E-state index contributed by atoms with van der Waals surface area (Å²) in [5.74, 6) is 0.00277. The Balaban J connectivity index is 2.38. The summed E-state index contributed by atoms with van der Waals surface area (Å²) >= 11 is 1.58. The predicted octanol–water partition coefficient (Wildman–Crippen LogP) is 2.27. The largest absolute Gasteiger partial charge is 0.343 e. The van der Waals surface area contributed by atoms with Crippen LogP contribution in [0.15, 0.2) is 6.20 Å². The van der Waals surface area contributed by atoms with Crippen LogP contribution in [0.5, 0.6) is 0 Å². The number of thiazole rings is 1. The summed E-state index contributed by atoms with van der Waals surface area (Å²) in [6, 6.07) is -1.03. The van der Waals surface area contributed by atoms with Crippen molar-refractivity contribution in [2.45, 2.75) is 59.2 Å². The third-order valence-electron chi connectivity index (χ3n) is 3.89. The van der Waals surface area contributed by atoms with Gasteiger partial charge in [0.05, 0.1) is 6.04 Å². The highest BCUT2D eigenvalue weighted by Gasteiger charge is 2.44. The molecule has 6 heteroatoms. The maximum atomic E-state index is 12.7. The van der Waals surface area contributed by atoms with Crippen molar-refractivity contribution in [3.63, 3.8) is 0 Å². The van der Waals surface area contributed by atoms with Gasteiger partial charge in [0.1, 0.15) is 17.1 Å². The molecule has 3 atom stereocenters. The second-order valence-electron chi connectivity index (χ2n) is 5.89. The number of hydrogen-bond acceptors (Lipinski definition) is 4. The van der Waals surface area contributed by atoms with E-state index in [0.717, 1.165) is 9.88 Å². The highest BCUT2D eigenvalue weighted by molar-refractivity contribution is 7.11. The van der Waals surface area contributed by atoms with E-state index in [2.05, 4.69) is 10.3 Å². The molecule has 1 aromatic rings. The van der Waals surface area contributed by atoms with Crippen LogP contribution < -0.4 is 5.32 Å². The molecule has 1 aliphatic rings. The third kappa shape index (κ3) is 2.95. The summed E-state index contributed by atoms with van der Waals surface area (Å²) in [4.78, 5) is 32.3. The predicted molar refractivity (Wildman–Crippen MR) is 83.0 cm³/mol. The minimum Gasteiger partial charge on any atom is -0.343 e. The van der Waals surface area contributed by atoms with Gasteiger partial charge >= 0.3 is 0 Å². The van der Waals surface area contributed by atoms with Gasteiger partial charge in [-0.15, -0.1) is 11.3 Å². The molecule has 3 unspecified atom stereocenters. The fraction of sp³-hybridized carbons (Fsp3) is 0.667. The van der Waals surface area contributed by atoms with Crippen molar-refractivity contribution in [2.24, 2.45) is 5.92 Å². The van der Waals surface area contributed by atoms with Crippen molar-refractivity contribution in [3.05, 3.63) is 16.1 Å². The molecule has 0 aliphatic carbocycles. The molecule has 1 N–H and O–H groups in total. The Kier molecular flexibility index (Phi) is 4.66. The summed E-state index contributed by atoms with van der Waals surface area (Å²) in [7, 11) is 0. The van der Waals surface area contributed by atoms with Gasteiger partial charge in [-0.25, -0.2) is 4.98 Å². The van der Waals surface area contributed by atoms with E-state index in [1.54, 1.807) is 16.2 Å². The standard InChI is InChI=1S/C15H23N3O2S/c1-6-11-15(20)18(12(8(2)3)13(19)17-11)10(5)14-16-7-9(4)21-14/h7-8,10-12H,6H2,1-5H3,(H,17,19). The van der Waals surface area contributed by atoms with Crippen LogP contribution in [0.3, 0.4) is 0 Å². The summed E-state index contributed by atoms with van der Waals surface area (Å²) in [5.41, 5.74) is 0. The molecule has 2 heterocycles. The zero-order valence-electron chi connectivity index (χ0n) is 13.2. The Labute approximate surface area is 129 Å². The number of nitrogens with zero attached hydrogens (tertiary/aromatic N) is 2. The van der Waals surface area contributed by atoms with Crippen LogP contribution in [0.1, 0.15) is 50.0 Å². The van der Waals surface area contributed by atoms with E-state index in [4.69, 9.17) is 0 Å². The third-order valence-corrected chi connectivity index (χ3v) is 4.97. The van der Waals surface area contributed by atoms with Crippen LogP contribution in [-0.4, -0.2) is 33.8 Å². The molecule has 1 aromatic heterocycles. The Morgan fingerprint density at radius 3 is 2.52 bits per heavy atom. The zero-order chi connectivity index (χ0) is 15.7. The Morgan fingerprint density at radius 2 is 2.05 bits per heavy atom. The number of nitrogens with one attached hydrogen (secondary N) is 1. The molecular formula is C15H23N3O2S. The fourth-order valence-corrected chi connectivity index (χ4v) is 3.60. The van der Waals surface area contributed by atoms with Crippen molar-refractivity contribution in [1.29, 1.82) is 0 Å². The van der Waals surface area contributed by atoms with E-state index < -0.39 is 12.1 Å². The van der Waals surface area contributed by atoms with Crippen LogP contribution in [0.4, 0.5) is 0 Å². The fourth-order valence-electron chi connectivity index (χ4n) is 2.78. The maximum Gasteiger partial charge on any atom is 0.246 e. The molecule has 1 saturated heterocycles. The molecule has 1 aliphatic heterocycles. The molecule has 0 saturated carbocycles. The molecule has 0 aromatic carbocycles. The molecule has 2 rings (SSSR count). The second-order valence-corrected chi connectivity index (χ2v) is 7.16. The van der Waals surface area contributed by atoms with Crippen LogP contribution in [-0.2, 0) is 9.59 Å². The average molecular weight is 309 g/mol. The molecule has 1 fully saturated rings. The van der Waals surface area contributed by atoms with Gasteiger partial charge in [-0.1, -0.05) is 20.8 Å². The number of hydrogen-bond donors (Lipinski definition) is 1. The topological polar surface area (TPSA) is 62.3 Å². The van der Waals surface area contributed by atoms with Crippen molar-refractivity contribution in [1.82, 2.24) is 15.2 Å². The highest BCUT2D eigenvalue weighted by atomic mass is 32.1. The maximum absolute atomic E-state index is 12.7. The van der Waals surface area contributed by atoms with Gasteiger partial charge in [0.2, 0.25) is 11.8 Å². The van der Waals surface area contributed by atoms with Gasteiger partial charge in [0.25, 0.3) is 0 Å². The monoisotopic (exact) mass is 309 g/mol. The van der Waals surface area contributed by atoms with Gasteiger partial charge in [-0.3, -0.25) is 9.59 Å². The molecule has 21 heavy (non-hydrogen) atoms. The first-order valence-electron chi connectivity index (χ1n) is 7.41.